The minimum absolute atomic E-state index is 0.191. The third-order valence-electron chi connectivity index (χ3n) is 2.78. The lowest BCUT2D eigenvalue weighted by atomic mass is 10.1. The minimum atomic E-state index is -0.191. The molecule has 5 nitrogen and oxygen atoms in total. The van der Waals surface area contributed by atoms with Crippen LogP contribution in [0, 0.1) is 0 Å². The first-order valence-corrected chi connectivity index (χ1v) is 5.94. The second-order valence-corrected chi connectivity index (χ2v) is 4.05. The maximum atomic E-state index is 5.84. The number of methoxy groups -OCH3 is 1. The van der Waals surface area contributed by atoms with E-state index in [0.29, 0.717) is 18.1 Å². The smallest absolute Gasteiger partial charge is 0.243 e. The number of aromatic nitrogens is 2. The van der Waals surface area contributed by atoms with Gasteiger partial charge in [0.25, 0.3) is 0 Å². The Labute approximate surface area is 106 Å². The third kappa shape index (κ3) is 2.68. The van der Waals surface area contributed by atoms with Crippen molar-refractivity contribution in [1.29, 1.82) is 0 Å². The average Bonchev–Trinajstić information content (AvgIpc) is 2.87. The van der Waals surface area contributed by atoms with Gasteiger partial charge in [0.2, 0.25) is 5.89 Å². The van der Waals surface area contributed by atoms with E-state index >= 15 is 0 Å². The second-order valence-electron chi connectivity index (χ2n) is 4.05. The van der Waals surface area contributed by atoms with E-state index in [-0.39, 0.29) is 6.04 Å². The number of para-hydroxylation sites is 1. The molecular weight excluding hydrogens is 230 g/mol. The maximum Gasteiger partial charge on any atom is 0.243 e. The Hall–Kier alpha value is -1.88. The standard InChI is InChI=1S/C13H17N3O2/c1-3-10(14)13-15-12(16-18-13)8-9-6-4-5-7-11(9)17-2/h4-7,10H,3,8,14H2,1-2H3/t10-/m0/s1. The van der Waals surface area contributed by atoms with E-state index in [9.17, 15) is 0 Å². The highest BCUT2D eigenvalue weighted by atomic mass is 16.5. The summed E-state index contributed by atoms with van der Waals surface area (Å²) in [4.78, 5) is 4.29. The minimum Gasteiger partial charge on any atom is -0.496 e. The highest BCUT2D eigenvalue weighted by Crippen LogP contribution is 2.20. The molecule has 0 aliphatic rings. The average molecular weight is 247 g/mol. The summed E-state index contributed by atoms with van der Waals surface area (Å²) in [7, 11) is 1.65. The van der Waals surface area contributed by atoms with E-state index in [2.05, 4.69) is 10.1 Å². The first-order valence-electron chi connectivity index (χ1n) is 5.94. The summed E-state index contributed by atoms with van der Waals surface area (Å²) < 4.78 is 10.4. The van der Waals surface area contributed by atoms with Crippen molar-refractivity contribution in [3.63, 3.8) is 0 Å². The quantitative estimate of drug-likeness (QED) is 0.875. The third-order valence-corrected chi connectivity index (χ3v) is 2.78. The fourth-order valence-corrected chi connectivity index (χ4v) is 1.68. The van der Waals surface area contributed by atoms with E-state index in [1.54, 1.807) is 7.11 Å². The highest BCUT2D eigenvalue weighted by Gasteiger charge is 2.14. The summed E-state index contributed by atoms with van der Waals surface area (Å²) in [6.45, 7) is 1.98. The van der Waals surface area contributed by atoms with Gasteiger partial charge in [0.15, 0.2) is 5.82 Å². The molecule has 1 heterocycles. The van der Waals surface area contributed by atoms with Crippen LogP contribution in [-0.4, -0.2) is 17.3 Å². The van der Waals surface area contributed by atoms with Gasteiger partial charge in [0.1, 0.15) is 5.75 Å². The molecule has 2 aromatic rings. The van der Waals surface area contributed by atoms with Crippen molar-refractivity contribution in [2.45, 2.75) is 25.8 Å². The largest absolute Gasteiger partial charge is 0.496 e. The van der Waals surface area contributed by atoms with Crippen molar-refractivity contribution in [2.24, 2.45) is 5.73 Å². The molecular formula is C13H17N3O2. The predicted molar refractivity (Wildman–Crippen MR) is 67.3 cm³/mol. The molecule has 2 N–H and O–H groups in total. The van der Waals surface area contributed by atoms with Crippen molar-refractivity contribution in [2.75, 3.05) is 7.11 Å². The first-order chi connectivity index (χ1) is 8.74. The van der Waals surface area contributed by atoms with Gasteiger partial charge in [-0.2, -0.15) is 4.98 Å². The summed E-state index contributed by atoms with van der Waals surface area (Å²) in [5.74, 6) is 1.93. The zero-order valence-corrected chi connectivity index (χ0v) is 10.6. The molecule has 0 saturated carbocycles. The second kappa shape index (κ2) is 5.64. The molecule has 1 aromatic carbocycles. The van der Waals surface area contributed by atoms with Gasteiger partial charge in [-0.15, -0.1) is 0 Å². The first kappa shape index (κ1) is 12.6. The van der Waals surface area contributed by atoms with Crippen LogP contribution in [0.4, 0.5) is 0 Å². The Morgan fingerprint density at radius 1 is 1.39 bits per heavy atom. The molecule has 2 rings (SSSR count). The number of hydrogen-bond acceptors (Lipinski definition) is 5. The van der Waals surface area contributed by atoms with Gasteiger partial charge in [-0.25, -0.2) is 0 Å². The van der Waals surface area contributed by atoms with Gasteiger partial charge >= 0.3 is 0 Å². The lowest BCUT2D eigenvalue weighted by Crippen LogP contribution is -2.09. The predicted octanol–water partition coefficient (Wildman–Crippen LogP) is 2.08. The Kier molecular flexibility index (Phi) is 3.94. The topological polar surface area (TPSA) is 74.2 Å². The Bertz CT molecular complexity index is 510. The van der Waals surface area contributed by atoms with Crippen molar-refractivity contribution in [1.82, 2.24) is 10.1 Å². The SMILES string of the molecule is CC[C@H](N)c1nc(Cc2ccccc2OC)no1. The molecule has 0 radical (unpaired) electrons. The summed E-state index contributed by atoms with van der Waals surface area (Å²) in [6.07, 6.45) is 1.35. The fourth-order valence-electron chi connectivity index (χ4n) is 1.68. The van der Waals surface area contributed by atoms with Crippen LogP contribution in [0.2, 0.25) is 0 Å². The van der Waals surface area contributed by atoms with Crippen LogP contribution in [0.3, 0.4) is 0 Å². The Morgan fingerprint density at radius 3 is 2.89 bits per heavy atom. The summed E-state index contributed by atoms with van der Waals surface area (Å²) in [5, 5.41) is 3.93. The van der Waals surface area contributed by atoms with E-state index in [1.807, 2.05) is 31.2 Å². The van der Waals surface area contributed by atoms with Crippen LogP contribution < -0.4 is 10.5 Å². The molecule has 0 saturated heterocycles. The van der Waals surface area contributed by atoms with Crippen LogP contribution in [0.5, 0.6) is 5.75 Å². The number of nitrogens with zero attached hydrogens (tertiary/aromatic N) is 2. The van der Waals surface area contributed by atoms with Gasteiger partial charge in [0, 0.05) is 12.0 Å². The Balaban J connectivity index is 2.16. The number of benzene rings is 1. The van der Waals surface area contributed by atoms with Gasteiger partial charge in [-0.05, 0) is 12.5 Å². The molecule has 1 atom stereocenters. The highest BCUT2D eigenvalue weighted by molar-refractivity contribution is 5.35. The number of ether oxygens (including phenoxy) is 1. The van der Waals surface area contributed by atoms with Gasteiger partial charge in [-0.1, -0.05) is 30.3 Å². The van der Waals surface area contributed by atoms with E-state index < -0.39 is 0 Å². The van der Waals surface area contributed by atoms with Crippen LogP contribution in [-0.2, 0) is 6.42 Å². The molecule has 5 heteroatoms. The molecule has 96 valence electrons. The maximum absolute atomic E-state index is 5.84. The zero-order chi connectivity index (χ0) is 13.0. The monoisotopic (exact) mass is 247 g/mol. The molecule has 0 fully saturated rings. The molecule has 18 heavy (non-hydrogen) atoms. The number of nitrogens with two attached hydrogens (primary N) is 1. The van der Waals surface area contributed by atoms with Crippen LogP contribution >= 0.6 is 0 Å². The number of rotatable bonds is 5. The molecule has 1 aromatic heterocycles. The molecule has 0 aliphatic carbocycles. The van der Waals surface area contributed by atoms with E-state index in [4.69, 9.17) is 15.0 Å². The molecule has 0 bridgehead atoms. The fraction of sp³-hybridized carbons (Fsp3) is 0.385. The van der Waals surface area contributed by atoms with Crippen molar-refractivity contribution >= 4 is 0 Å². The van der Waals surface area contributed by atoms with Crippen LogP contribution in [0.15, 0.2) is 28.8 Å². The zero-order valence-electron chi connectivity index (χ0n) is 10.6. The molecule has 0 amide bonds. The van der Waals surface area contributed by atoms with Gasteiger partial charge in [-0.3, -0.25) is 0 Å². The Morgan fingerprint density at radius 2 is 2.17 bits per heavy atom. The number of hydrogen-bond donors (Lipinski definition) is 1. The van der Waals surface area contributed by atoms with Crippen molar-refractivity contribution in [3.05, 3.63) is 41.5 Å². The summed E-state index contributed by atoms with van der Waals surface area (Å²) in [5.41, 5.74) is 6.86. The van der Waals surface area contributed by atoms with Gasteiger partial charge < -0.3 is 15.0 Å². The van der Waals surface area contributed by atoms with Crippen LogP contribution in [0.1, 0.15) is 36.7 Å². The van der Waals surface area contributed by atoms with E-state index in [0.717, 1.165) is 17.7 Å². The lowest BCUT2D eigenvalue weighted by molar-refractivity contribution is 0.348. The van der Waals surface area contributed by atoms with Gasteiger partial charge in [0.05, 0.1) is 13.2 Å². The summed E-state index contributed by atoms with van der Waals surface area (Å²) in [6, 6.07) is 7.58. The normalized spacial score (nSPS) is 12.4. The summed E-state index contributed by atoms with van der Waals surface area (Å²) >= 11 is 0. The molecule has 0 aliphatic heterocycles. The van der Waals surface area contributed by atoms with E-state index in [1.165, 1.54) is 0 Å². The van der Waals surface area contributed by atoms with Crippen LogP contribution in [0.25, 0.3) is 0 Å². The van der Waals surface area contributed by atoms with Crippen molar-refractivity contribution < 1.29 is 9.26 Å². The van der Waals surface area contributed by atoms with Crippen molar-refractivity contribution in [3.8, 4) is 5.75 Å². The molecule has 0 unspecified atom stereocenters. The lowest BCUT2D eigenvalue weighted by Gasteiger charge is -2.05. The molecule has 0 spiro atoms.